The molecule has 1 aromatic heterocycles. The predicted octanol–water partition coefficient (Wildman–Crippen LogP) is 7.93. The molecule has 262 valence electrons. The molecular formula is C39H48N2O6S2. The number of rotatable bonds is 5. The summed E-state index contributed by atoms with van der Waals surface area (Å²) in [6.45, 7) is 4.34. The number of aliphatic hydroxyl groups excluding tert-OH is 2. The molecule has 3 N–H and O–H groups in total. The average Bonchev–Trinajstić information content (AvgIpc) is 3.80. The van der Waals surface area contributed by atoms with Gasteiger partial charge in [0.25, 0.3) is 0 Å². The van der Waals surface area contributed by atoms with Crippen LogP contribution in [0.5, 0.6) is 0 Å². The summed E-state index contributed by atoms with van der Waals surface area (Å²) in [5.41, 5.74) is 3.45. The first-order valence-electron chi connectivity index (χ1n) is 18.4. The van der Waals surface area contributed by atoms with Crippen LogP contribution in [-0.2, 0) is 19.1 Å². The Bertz CT molecular complexity index is 1660. The van der Waals surface area contributed by atoms with E-state index in [-0.39, 0.29) is 53.6 Å². The minimum atomic E-state index is -0.772. The van der Waals surface area contributed by atoms with Crippen LogP contribution < -0.4 is 5.32 Å². The van der Waals surface area contributed by atoms with Gasteiger partial charge in [0, 0.05) is 35.8 Å². The molecule has 10 heteroatoms. The maximum atomic E-state index is 14.4. The Hall–Kier alpha value is -2.53. The van der Waals surface area contributed by atoms with Crippen molar-refractivity contribution in [1.82, 2.24) is 4.98 Å². The lowest BCUT2D eigenvalue weighted by Gasteiger charge is -2.57. The van der Waals surface area contributed by atoms with E-state index >= 15 is 0 Å². The zero-order valence-electron chi connectivity index (χ0n) is 28.5. The summed E-state index contributed by atoms with van der Waals surface area (Å²) in [5.74, 6) is 2.08. The summed E-state index contributed by atoms with van der Waals surface area (Å²) >= 11 is 0. The first-order chi connectivity index (χ1) is 23.8. The maximum absolute atomic E-state index is 14.4. The lowest BCUT2D eigenvalue weighted by atomic mass is 9.43. The van der Waals surface area contributed by atoms with Gasteiger partial charge in [0.05, 0.1) is 16.9 Å². The van der Waals surface area contributed by atoms with E-state index in [1.54, 1.807) is 10.8 Å². The molecule has 1 spiro atoms. The van der Waals surface area contributed by atoms with Gasteiger partial charge in [0.15, 0.2) is 0 Å². The number of fused-ring (bicyclic) bond motifs is 3. The van der Waals surface area contributed by atoms with E-state index < -0.39 is 10.9 Å². The zero-order valence-corrected chi connectivity index (χ0v) is 30.2. The van der Waals surface area contributed by atoms with Crippen LogP contribution in [0.4, 0.5) is 5.82 Å². The van der Waals surface area contributed by atoms with E-state index in [4.69, 9.17) is 9.47 Å². The topological polar surface area (TPSA) is 118 Å². The molecule has 4 heterocycles. The second-order valence-corrected chi connectivity index (χ2v) is 17.8. The van der Waals surface area contributed by atoms with Crippen LogP contribution in [0.2, 0.25) is 0 Å². The minimum absolute atomic E-state index is 0.0668. The molecule has 8 nitrogen and oxygen atoms in total. The minimum Gasteiger partial charge on any atom is -0.427 e. The zero-order chi connectivity index (χ0) is 33.9. The first kappa shape index (κ1) is 33.6. The van der Waals surface area contributed by atoms with Crippen molar-refractivity contribution in [3.8, 4) is 0 Å². The monoisotopic (exact) mass is 704 g/mol. The highest BCUT2D eigenvalue weighted by atomic mass is 33.1. The Balaban J connectivity index is 1.33. The molecule has 2 saturated carbocycles. The van der Waals surface area contributed by atoms with Crippen LogP contribution in [0.1, 0.15) is 102 Å². The number of carbonyl (C=O) groups is 2. The smallest absolute Gasteiger partial charge is 0.340 e. The maximum Gasteiger partial charge on any atom is 0.340 e. The Kier molecular flexibility index (Phi) is 9.07. The van der Waals surface area contributed by atoms with Crippen LogP contribution >= 0.6 is 21.6 Å². The van der Waals surface area contributed by atoms with E-state index in [1.165, 1.54) is 23.6 Å². The molecule has 9 rings (SSSR count). The number of ether oxygens (including phenoxy) is 2. The van der Waals surface area contributed by atoms with Crippen molar-refractivity contribution < 1.29 is 29.3 Å². The van der Waals surface area contributed by atoms with E-state index in [9.17, 15) is 19.8 Å². The van der Waals surface area contributed by atoms with Crippen molar-refractivity contribution >= 4 is 39.3 Å². The van der Waals surface area contributed by atoms with Crippen LogP contribution in [0, 0.1) is 34.5 Å². The van der Waals surface area contributed by atoms with Crippen molar-refractivity contribution in [2.24, 2.45) is 34.5 Å². The molecule has 0 radical (unpaired) electrons. The summed E-state index contributed by atoms with van der Waals surface area (Å²) in [7, 11) is 2.98. The third kappa shape index (κ3) is 5.46. The number of allylic oxidation sites excluding steroid dienone is 5. The first-order valence-corrected chi connectivity index (χ1v) is 20.8. The van der Waals surface area contributed by atoms with Gasteiger partial charge >= 0.3 is 11.9 Å². The van der Waals surface area contributed by atoms with Gasteiger partial charge in [-0.05, 0) is 123 Å². The third-order valence-electron chi connectivity index (χ3n) is 13.0. The number of hydrogen-bond donors (Lipinski definition) is 3. The Morgan fingerprint density at radius 3 is 2.78 bits per heavy atom. The normalized spacial score (nSPS) is 35.9. The summed E-state index contributed by atoms with van der Waals surface area (Å²) in [5, 5.41) is 24.5. The molecule has 1 saturated heterocycles. The van der Waals surface area contributed by atoms with Crippen molar-refractivity contribution in [1.29, 1.82) is 0 Å². The van der Waals surface area contributed by atoms with E-state index in [2.05, 4.69) is 35.4 Å². The van der Waals surface area contributed by atoms with Crippen molar-refractivity contribution in [3.05, 3.63) is 69.9 Å². The van der Waals surface area contributed by atoms with Crippen LogP contribution in [0.15, 0.2) is 64.3 Å². The van der Waals surface area contributed by atoms with Gasteiger partial charge in [0.2, 0.25) is 0 Å². The molecule has 3 fully saturated rings. The highest BCUT2D eigenvalue weighted by Crippen LogP contribution is 2.72. The quantitative estimate of drug-likeness (QED) is 0.206. The molecule has 7 bridgehead atoms. The summed E-state index contributed by atoms with van der Waals surface area (Å²) in [4.78, 5) is 33.2. The standard InChI is InChI=1S/C39H48N2O6S2/c1-3-38(14-4-5-15-38)20-28-27-10-9-26-25-12-16-39(33(26)32(27)35(43)46-28)29-11-8-22(2)37(45)49-48-21-41-30-19-23(13-17-40-30)24(7-6-18-42)31(25)34(39)36(44)47-29/h11,13,17,19-20,22,24-26,33,37,42,45H,3-10,12,14-16,18,21H2,1-2H3,(H,40,41). The predicted molar refractivity (Wildman–Crippen MR) is 192 cm³/mol. The molecule has 0 amide bonds. The Morgan fingerprint density at radius 2 is 1.98 bits per heavy atom. The summed E-state index contributed by atoms with van der Waals surface area (Å²) in [6, 6.07) is 4.12. The lowest BCUT2D eigenvalue weighted by molar-refractivity contribution is -0.135. The Labute approximate surface area is 297 Å². The fourth-order valence-electron chi connectivity index (χ4n) is 10.6. The number of carbonyl (C=O) groups excluding carboxylic acids is 2. The largest absolute Gasteiger partial charge is 0.427 e. The SMILES string of the molecule is CCC1(C=C2OC(=O)C3=C2CCC2C4CCC5(C6=CCC(C)C(O)SSCNc7cc(ccn7)C(CCCO)C4=C5C(=O)O6)C32)CCCC1. The van der Waals surface area contributed by atoms with E-state index in [1.807, 2.05) is 19.2 Å². The second-order valence-electron chi connectivity index (χ2n) is 15.3. The van der Waals surface area contributed by atoms with Gasteiger partial charge < -0.3 is 25.0 Å². The number of aliphatic hydroxyl groups is 2. The number of anilines is 1. The van der Waals surface area contributed by atoms with Crippen LogP contribution in [-0.4, -0.2) is 45.1 Å². The van der Waals surface area contributed by atoms with Crippen molar-refractivity contribution in [2.75, 3.05) is 17.8 Å². The van der Waals surface area contributed by atoms with E-state index in [0.29, 0.717) is 30.9 Å². The fourth-order valence-corrected chi connectivity index (χ4v) is 12.7. The molecule has 1 aromatic rings. The second kappa shape index (κ2) is 13.2. The fraction of sp³-hybridized carbons (Fsp3) is 0.615. The number of hydrogen-bond acceptors (Lipinski definition) is 10. The van der Waals surface area contributed by atoms with Gasteiger partial charge in [-0.15, -0.1) is 0 Å². The van der Waals surface area contributed by atoms with Crippen LogP contribution in [0.25, 0.3) is 0 Å². The average molecular weight is 705 g/mol. The third-order valence-corrected chi connectivity index (χ3v) is 15.4. The Morgan fingerprint density at radius 1 is 1.14 bits per heavy atom. The van der Waals surface area contributed by atoms with Gasteiger partial charge in [-0.2, -0.15) is 0 Å². The number of esters is 2. The molecule has 7 unspecified atom stereocenters. The van der Waals surface area contributed by atoms with Crippen LogP contribution in [0.3, 0.4) is 0 Å². The number of pyridine rings is 1. The van der Waals surface area contributed by atoms with E-state index in [0.717, 1.165) is 84.4 Å². The highest BCUT2D eigenvalue weighted by molar-refractivity contribution is 8.76. The number of nitrogens with zero attached hydrogens (tertiary/aromatic N) is 1. The molecule has 3 aliphatic heterocycles. The molecular weight excluding hydrogens is 657 g/mol. The van der Waals surface area contributed by atoms with Gasteiger partial charge in [-0.3, -0.25) is 0 Å². The number of cyclic esters (lactones) is 1. The number of aromatic nitrogens is 1. The molecule has 8 aliphatic rings. The molecule has 49 heavy (non-hydrogen) atoms. The van der Waals surface area contributed by atoms with Crippen molar-refractivity contribution in [3.63, 3.8) is 0 Å². The number of nitrogens with one attached hydrogen (secondary N) is 1. The summed E-state index contributed by atoms with van der Waals surface area (Å²) < 4.78 is 12.6. The van der Waals surface area contributed by atoms with Gasteiger partial charge in [-0.25, -0.2) is 14.6 Å². The molecule has 0 aromatic carbocycles. The van der Waals surface area contributed by atoms with Gasteiger partial charge in [-0.1, -0.05) is 48.3 Å². The lowest BCUT2D eigenvalue weighted by Crippen LogP contribution is -2.53. The van der Waals surface area contributed by atoms with Crippen molar-refractivity contribution in [2.45, 2.75) is 102 Å². The highest BCUT2D eigenvalue weighted by Gasteiger charge is 2.68. The molecule has 7 atom stereocenters. The molecule has 5 aliphatic carbocycles. The van der Waals surface area contributed by atoms with Gasteiger partial charge in [0.1, 0.15) is 22.8 Å². The summed E-state index contributed by atoms with van der Waals surface area (Å²) in [6.07, 6.45) is 17.0.